The fraction of sp³-hybridized carbons (Fsp3) is 0.400. The van der Waals surface area contributed by atoms with Crippen LogP contribution in [-0.2, 0) is 19.5 Å². The zero-order valence-corrected chi connectivity index (χ0v) is 11.0. The Morgan fingerprint density at radius 3 is 2.89 bits per heavy atom. The minimum atomic E-state index is 0.517. The van der Waals surface area contributed by atoms with Crippen molar-refractivity contribution in [2.24, 2.45) is 5.73 Å². The van der Waals surface area contributed by atoms with Crippen LogP contribution in [0.1, 0.15) is 28.9 Å². The highest BCUT2D eigenvalue weighted by molar-refractivity contribution is 5.72. The van der Waals surface area contributed by atoms with E-state index >= 15 is 0 Å². The van der Waals surface area contributed by atoms with Crippen molar-refractivity contribution in [2.45, 2.75) is 39.8 Å². The molecule has 0 saturated heterocycles. The molecule has 0 aliphatic carbocycles. The summed E-state index contributed by atoms with van der Waals surface area (Å²) in [6.45, 7) is 5.85. The molecule has 1 aromatic carbocycles. The van der Waals surface area contributed by atoms with Crippen molar-refractivity contribution >= 4 is 0 Å². The number of fused-ring (bicyclic) bond motifs is 1. The molecule has 0 saturated carbocycles. The van der Waals surface area contributed by atoms with Gasteiger partial charge in [0.1, 0.15) is 0 Å². The van der Waals surface area contributed by atoms with Crippen molar-refractivity contribution in [1.82, 2.24) is 9.78 Å². The number of hydrogen-bond acceptors (Lipinski definition) is 2. The molecule has 0 atom stereocenters. The first-order chi connectivity index (χ1) is 8.70. The summed E-state index contributed by atoms with van der Waals surface area (Å²) in [6, 6.07) is 6.61. The van der Waals surface area contributed by atoms with Gasteiger partial charge in [-0.2, -0.15) is 5.10 Å². The van der Waals surface area contributed by atoms with Crippen molar-refractivity contribution in [3.63, 3.8) is 0 Å². The zero-order chi connectivity index (χ0) is 12.7. The molecule has 0 radical (unpaired) electrons. The molecule has 0 amide bonds. The summed E-state index contributed by atoms with van der Waals surface area (Å²) in [5, 5.41) is 4.64. The van der Waals surface area contributed by atoms with Gasteiger partial charge in [-0.3, -0.25) is 4.68 Å². The molecule has 0 fully saturated rings. The Labute approximate surface area is 108 Å². The molecule has 2 aromatic rings. The van der Waals surface area contributed by atoms with Crippen molar-refractivity contribution in [2.75, 3.05) is 0 Å². The minimum absolute atomic E-state index is 0.517. The van der Waals surface area contributed by atoms with E-state index in [1.54, 1.807) is 0 Å². The number of aromatic nitrogens is 2. The second-order valence-corrected chi connectivity index (χ2v) is 5.12. The quantitative estimate of drug-likeness (QED) is 0.878. The fourth-order valence-corrected chi connectivity index (χ4v) is 2.93. The molecule has 94 valence electrons. The van der Waals surface area contributed by atoms with E-state index in [1.165, 1.54) is 34.4 Å². The maximum atomic E-state index is 5.85. The van der Waals surface area contributed by atoms with Gasteiger partial charge in [0.05, 0.1) is 5.69 Å². The molecule has 0 bridgehead atoms. The van der Waals surface area contributed by atoms with Gasteiger partial charge in [0.15, 0.2) is 0 Å². The molecule has 1 aliphatic heterocycles. The third kappa shape index (κ3) is 1.66. The Morgan fingerprint density at radius 2 is 2.17 bits per heavy atom. The van der Waals surface area contributed by atoms with Crippen LogP contribution in [0.3, 0.4) is 0 Å². The highest BCUT2D eigenvalue weighted by atomic mass is 15.3. The normalized spacial score (nSPS) is 13.9. The predicted octanol–water partition coefficient (Wildman–Crippen LogP) is 2.57. The van der Waals surface area contributed by atoms with E-state index in [0.29, 0.717) is 6.54 Å². The Balaban J connectivity index is 2.21. The Hall–Kier alpha value is -1.61. The molecular weight excluding hydrogens is 222 g/mol. The monoisotopic (exact) mass is 241 g/mol. The lowest BCUT2D eigenvalue weighted by Gasteiger charge is -2.08. The molecule has 3 nitrogen and oxygen atoms in total. The van der Waals surface area contributed by atoms with Gasteiger partial charge in [-0.25, -0.2) is 0 Å². The number of rotatable bonds is 2. The van der Waals surface area contributed by atoms with E-state index in [1.807, 2.05) is 0 Å². The summed E-state index contributed by atoms with van der Waals surface area (Å²) in [5.41, 5.74) is 13.4. The maximum absolute atomic E-state index is 5.85. The molecule has 1 aromatic heterocycles. The van der Waals surface area contributed by atoms with E-state index in [2.05, 4.69) is 41.8 Å². The van der Waals surface area contributed by atoms with Crippen LogP contribution in [-0.4, -0.2) is 9.78 Å². The van der Waals surface area contributed by atoms with Crippen LogP contribution in [0.5, 0.6) is 0 Å². The first-order valence-corrected chi connectivity index (χ1v) is 6.57. The van der Waals surface area contributed by atoms with E-state index in [0.717, 1.165) is 18.7 Å². The maximum Gasteiger partial charge on any atom is 0.0841 e. The second kappa shape index (κ2) is 4.25. The molecule has 3 heteroatoms. The largest absolute Gasteiger partial charge is 0.325 e. The number of hydrogen-bond donors (Lipinski definition) is 1. The number of aryl methyl sites for hydroxylation is 3. The summed E-state index contributed by atoms with van der Waals surface area (Å²) in [7, 11) is 0. The summed E-state index contributed by atoms with van der Waals surface area (Å²) >= 11 is 0. The SMILES string of the molecule is Cc1ccc(-c2c(CN)nn3c2CCC3)c(C)c1. The molecule has 1 aliphatic rings. The van der Waals surface area contributed by atoms with Crippen LogP contribution >= 0.6 is 0 Å². The number of nitrogens with zero attached hydrogens (tertiary/aromatic N) is 2. The van der Waals surface area contributed by atoms with Gasteiger partial charge < -0.3 is 5.73 Å². The third-order valence-corrected chi connectivity index (χ3v) is 3.76. The summed E-state index contributed by atoms with van der Waals surface area (Å²) in [5.74, 6) is 0. The lowest BCUT2D eigenvalue weighted by molar-refractivity contribution is 0.644. The molecule has 2 N–H and O–H groups in total. The lowest BCUT2D eigenvalue weighted by atomic mass is 9.96. The predicted molar refractivity (Wildman–Crippen MR) is 73.3 cm³/mol. The van der Waals surface area contributed by atoms with Gasteiger partial charge in [0.25, 0.3) is 0 Å². The first-order valence-electron chi connectivity index (χ1n) is 6.57. The summed E-state index contributed by atoms with van der Waals surface area (Å²) in [6.07, 6.45) is 2.32. The van der Waals surface area contributed by atoms with E-state index < -0.39 is 0 Å². The van der Waals surface area contributed by atoms with Crippen LogP contribution in [0.4, 0.5) is 0 Å². The Morgan fingerprint density at radius 1 is 1.33 bits per heavy atom. The van der Waals surface area contributed by atoms with Crippen molar-refractivity contribution in [3.05, 3.63) is 40.7 Å². The van der Waals surface area contributed by atoms with Crippen LogP contribution in [0.15, 0.2) is 18.2 Å². The van der Waals surface area contributed by atoms with Crippen molar-refractivity contribution in [1.29, 1.82) is 0 Å². The molecule has 0 spiro atoms. The Kier molecular flexibility index (Phi) is 2.71. The van der Waals surface area contributed by atoms with Gasteiger partial charge in [-0.15, -0.1) is 0 Å². The molecule has 3 rings (SSSR count). The van der Waals surface area contributed by atoms with Gasteiger partial charge in [-0.1, -0.05) is 23.8 Å². The third-order valence-electron chi connectivity index (χ3n) is 3.76. The molecular formula is C15H19N3. The molecule has 2 heterocycles. The van der Waals surface area contributed by atoms with Crippen LogP contribution in [0.2, 0.25) is 0 Å². The topological polar surface area (TPSA) is 43.8 Å². The van der Waals surface area contributed by atoms with E-state index in [-0.39, 0.29) is 0 Å². The molecule has 18 heavy (non-hydrogen) atoms. The fourth-order valence-electron chi connectivity index (χ4n) is 2.93. The zero-order valence-electron chi connectivity index (χ0n) is 11.0. The average molecular weight is 241 g/mol. The van der Waals surface area contributed by atoms with Gasteiger partial charge in [0, 0.05) is 24.3 Å². The number of benzene rings is 1. The average Bonchev–Trinajstić information content (AvgIpc) is 2.89. The second-order valence-electron chi connectivity index (χ2n) is 5.12. The highest BCUT2D eigenvalue weighted by Gasteiger charge is 2.22. The van der Waals surface area contributed by atoms with E-state index in [4.69, 9.17) is 5.73 Å². The van der Waals surface area contributed by atoms with Crippen LogP contribution < -0.4 is 5.73 Å². The van der Waals surface area contributed by atoms with Crippen LogP contribution in [0, 0.1) is 13.8 Å². The summed E-state index contributed by atoms with van der Waals surface area (Å²) in [4.78, 5) is 0. The first kappa shape index (κ1) is 11.5. The highest BCUT2D eigenvalue weighted by Crippen LogP contribution is 2.33. The number of nitrogens with two attached hydrogens (primary N) is 1. The van der Waals surface area contributed by atoms with Crippen molar-refractivity contribution < 1.29 is 0 Å². The minimum Gasteiger partial charge on any atom is -0.325 e. The van der Waals surface area contributed by atoms with Gasteiger partial charge in [0.2, 0.25) is 0 Å². The van der Waals surface area contributed by atoms with Crippen molar-refractivity contribution in [3.8, 4) is 11.1 Å². The Bertz CT molecular complexity index is 596. The smallest absolute Gasteiger partial charge is 0.0841 e. The van der Waals surface area contributed by atoms with E-state index in [9.17, 15) is 0 Å². The van der Waals surface area contributed by atoms with Crippen LogP contribution in [0.25, 0.3) is 11.1 Å². The lowest BCUT2D eigenvalue weighted by Crippen LogP contribution is -2.01. The molecule has 0 unspecified atom stereocenters. The van der Waals surface area contributed by atoms with Gasteiger partial charge >= 0.3 is 0 Å². The summed E-state index contributed by atoms with van der Waals surface area (Å²) < 4.78 is 2.14. The van der Waals surface area contributed by atoms with Gasteiger partial charge in [-0.05, 0) is 37.8 Å². The standard InChI is InChI=1S/C15H19N3/c1-10-5-6-12(11(2)8-10)15-13(9-16)17-18-7-3-4-14(15)18/h5-6,8H,3-4,7,9,16H2,1-2H3.